The highest BCUT2D eigenvalue weighted by atomic mass is 16.5. The number of ether oxygens (including phenoxy) is 1. The van der Waals surface area contributed by atoms with Crippen LogP contribution >= 0.6 is 0 Å². The second kappa shape index (κ2) is 8.62. The number of hydrogen-bond donors (Lipinski definition) is 1. The van der Waals surface area contributed by atoms with Crippen LogP contribution in [0.4, 0.5) is 5.82 Å². The van der Waals surface area contributed by atoms with Gasteiger partial charge in [0.05, 0.1) is 6.61 Å². The summed E-state index contributed by atoms with van der Waals surface area (Å²) >= 11 is 0. The van der Waals surface area contributed by atoms with Gasteiger partial charge in [-0.1, -0.05) is 46.8 Å². The molecule has 1 aromatic heterocycles. The lowest BCUT2D eigenvalue weighted by atomic mass is 9.89. The molecule has 0 aliphatic carbocycles. The predicted molar refractivity (Wildman–Crippen MR) is 95.7 cm³/mol. The monoisotopic (exact) mass is 332 g/mol. The molecule has 1 aromatic rings. The summed E-state index contributed by atoms with van der Waals surface area (Å²) in [5.41, 5.74) is 0.846. The maximum absolute atomic E-state index is 12.0. The Morgan fingerprint density at radius 2 is 1.96 bits per heavy atom. The SMILES string of the molecule is C=C(C(=O)OCC)C(CCC)c1ccc(NC(=O)C(C)(C)C)nc1. The molecular weight excluding hydrogens is 304 g/mol. The van der Waals surface area contributed by atoms with Gasteiger partial charge in [0.2, 0.25) is 5.91 Å². The molecule has 5 nitrogen and oxygen atoms in total. The molecule has 0 saturated heterocycles. The number of carbonyl (C=O) groups is 2. The fourth-order valence-electron chi connectivity index (χ4n) is 2.19. The number of rotatable bonds is 7. The topological polar surface area (TPSA) is 68.3 Å². The van der Waals surface area contributed by atoms with Gasteiger partial charge >= 0.3 is 5.97 Å². The first-order valence-electron chi connectivity index (χ1n) is 8.34. The predicted octanol–water partition coefficient (Wildman–Crippen LogP) is 4.07. The molecule has 1 unspecified atom stereocenters. The van der Waals surface area contributed by atoms with Crippen molar-refractivity contribution in [3.63, 3.8) is 0 Å². The average Bonchev–Trinajstić information content (AvgIpc) is 2.52. The van der Waals surface area contributed by atoms with Gasteiger partial charge in [-0.05, 0) is 25.0 Å². The third kappa shape index (κ3) is 5.48. The van der Waals surface area contributed by atoms with E-state index in [9.17, 15) is 9.59 Å². The standard InChI is InChI=1S/C19H28N2O3/c1-7-9-15(13(3)17(22)24-8-2)14-10-11-16(20-12-14)21-18(23)19(4,5)6/h10-12,15H,3,7-9H2,1-2,4-6H3,(H,20,21,23). The van der Waals surface area contributed by atoms with E-state index in [0.717, 1.165) is 18.4 Å². The van der Waals surface area contributed by atoms with Gasteiger partial charge in [0, 0.05) is 23.1 Å². The number of esters is 1. The van der Waals surface area contributed by atoms with Crippen molar-refractivity contribution in [2.75, 3.05) is 11.9 Å². The summed E-state index contributed by atoms with van der Waals surface area (Å²) in [7, 11) is 0. The summed E-state index contributed by atoms with van der Waals surface area (Å²) < 4.78 is 5.05. The molecule has 0 radical (unpaired) electrons. The summed E-state index contributed by atoms with van der Waals surface area (Å²) in [5.74, 6) is -0.102. The van der Waals surface area contributed by atoms with Gasteiger partial charge < -0.3 is 10.1 Å². The van der Waals surface area contributed by atoms with Crippen LogP contribution in [0.3, 0.4) is 0 Å². The van der Waals surface area contributed by atoms with Crippen LogP contribution in [0.15, 0.2) is 30.5 Å². The zero-order valence-corrected chi connectivity index (χ0v) is 15.3. The van der Waals surface area contributed by atoms with E-state index in [1.165, 1.54) is 0 Å². The summed E-state index contributed by atoms with van der Waals surface area (Å²) in [5, 5.41) is 2.79. The van der Waals surface area contributed by atoms with Crippen LogP contribution in [-0.4, -0.2) is 23.5 Å². The minimum absolute atomic E-state index is 0.0937. The number of hydrogen-bond acceptors (Lipinski definition) is 4. The largest absolute Gasteiger partial charge is 0.463 e. The number of amides is 1. The van der Waals surface area contributed by atoms with Crippen LogP contribution in [0.25, 0.3) is 0 Å². The summed E-state index contributed by atoms with van der Waals surface area (Å²) in [6.07, 6.45) is 3.38. The van der Waals surface area contributed by atoms with E-state index in [4.69, 9.17) is 4.74 Å². The molecule has 132 valence electrons. The molecule has 0 aliphatic heterocycles. The van der Waals surface area contributed by atoms with E-state index in [-0.39, 0.29) is 17.8 Å². The molecular formula is C19H28N2O3. The quantitative estimate of drug-likeness (QED) is 0.604. The second-order valence-electron chi connectivity index (χ2n) is 6.77. The van der Waals surface area contributed by atoms with Crippen LogP contribution in [0.2, 0.25) is 0 Å². The molecule has 0 aromatic carbocycles. The third-order valence-corrected chi connectivity index (χ3v) is 3.65. The highest BCUT2D eigenvalue weighted by molar-refractivity contribution is 5.93. The van der Waals surface area contributed by atoms with Gasteiger partial charge in [0.25, 0.3) is 0 Å². The Hall–Kier alpha value is -2.17. The highest BCUT2D eigenvalue weighted by Gasteiger charge is 2.23. The molecule has 1 heterocycles. The molecule has 0 fully saturated rings. The number of aromatic nitrogens is 1. The van der Waals surface area contributed by atoms with Crippen LogP contribution in [-0.2, 0) is 14.3 Å². The number of carbonyl (C=O) groups excluding carboxylic acids is 2. The number of nitrogens with one attached hydrogen (secondary N) is 1. The van der Waals surface area contributed by atoms with Crippen molar-refractivity contribution in [1.82, 2.24) is 4.98 Å². The minimum Gasteiger partial charge on any atom is -0.463 e. The van der Waals surface area contributed by atoms with Crippen molar-refractivity contribution >= 4 is 17.7 Å². The Labute approximate surface area is 144 Å². The Morgan fingerprint density at radius 1 is 1.29 bits per heavy atom. The molecule has 0 bridgehead atoms. The number of pyridine rings is 1. The summed E-state index contributed by atoms with van der Waals surface area (Å²) in [4.78, 5) is 28.3. The van der Waals surface area contributed by atoms with Crippen molar-refractivity contribution in [1.29, 1.82) is 0 Å². The van der Waals surface area contributed by atoms with Crippen LogP contribution in [0.5, 0.6) is 0 Å². The fourth-order valence-corrected chi connectivity index (χ4v) is 2.19. The summed E-state index contributed by atoms with van der Waals surface area (Å²) in [6, 6.07) is 3.62. The lowest BCUT2D eigenvalue weighted by molar-refractivity contribution is -0.138. The molecule has 0 saturated carbocycles. The van der Waals surface area contributed by atoms with Crippen molar-refractivity contribution in [3.05, 3.63) is 36.0 Å². The number of anilines is 1. The Morgan fingerprint density at radius 3 is 2.42 bits per heavy atom. The van der Waals surface area contributed by atoms with Crippen molar-refractivity contribution in [3.8, 4) is 0 Å². The number of nitrogens with zero attached hydrogens (tertiary/aromatic N) is 1. The zero-order chi connectivity index (χ0) is 18.3. The van der Waals surface area contributed by atoms with Crippen LogP contribution < -0.4 is 5.32 Å². The summed E-state index contributed by atoms with van der Waals surface area (Å²) in [6.45, 7) is 13.6. The molecule has 1 amide bonds. The maximum Gasteiger partial charge on any atom is 0.334 e. The molecule has 1 rings (SSSR count). The molecule has 24 heavy (non-hydrogen) atoms. The van der Waals surface area contributed by atoms with E-state index in [1.54, 1.807) is 19.2 Å². The fraction of sp³-hybridized carbons (Fsp3) is 0.526. The molecule has 1 atom stereocenters. The van der Waals surface area contributed by atoms with Crippen molar-refractivity contribution < 1.29 is 14.3 Å². The smallest absolute Gasteiger partial charge is 0.334 e. The van der Waals surface area contributed by atoms with E-state index < -0.39 is 5.41 Å². The highest BCUT2D eigenvalue weighted by Crippen LogP contribution is 2.29. The average molecular weight is 332 g/mol. The Kier molecular flexibility index (Phi) is 7.14. The zero-order valence-electron chi connectivity index (χ0n) is 15.3. The molecule has 1 N–H and O–H groups in total. The van der Waals surface area contributed by atoms with Gasteiger partial charge in [-0.3, -0.25) is 4.79 Å². The van der Waals surface area contributed by atoms with Crippen molar-refractivity contribution in [2.24, 2.45) is 5.41 Å². The van der Waals surface area contributed by atoms with Gasteiger partial charge in [-0.15, -0.1) is 0 Å². The van der Waals surface area contributed by atoms with Gasteiger partial charge in [-0.25, -0.2) is 9.78 Å². The maximum atomic E-state index is 12.0. The van der Waals surface area contributed by atoms with Crippen LogP contribution in [0, 0.1) is 5.41 Å². The van der Waals surface area contributed by atoms with E-state index in [2.05, 4.69) is 23.8 Å². The van der Waals surface area contributed by atoms with Crippen LogP contribution in [0.1, 0.15) is 58.9 Å². The molecule has 0 spiro atoms. The Bertz CT molecular complexity index is 586. The van der Waals surface area contributed by atoms with E-state index >= 15 is 0 Å². The van der Waals surface area contributed by atoms with E-state index in [1.807, 2.05) is 26.8 Å². The lowest BCUT2D eigenvalue weighted by Crippen LogP contribution is -2.28. The molecule has 5 heteroatoms. The Balaban J connectivity index is 2.92. The first-order chi connectivity index (χ1) is 11.2. The van der Waals surface area contributed by atoms with E-state index in [0.29, 0.717) is 18.0 Å². The van der Waals surface area contributed by atoms with Gasteiger partial charge in [0.15, 0.2) is 0 Å². The third-order valence-electron chi connectivity index (χ3n) is 3.65. The van der Waals surface area contributed by atoms with Gasteiger partial charge in [-0.2, -0.15) is 0 Å². The first kappa shape index (κ1) is 19.9. The lowest BCUT2D eigenvalue weighted by Gasteiger charge is -2.19. The molecule has 0 aliphatic rings. The first-order valence-corrected chi connectivity index (χ1v) is 8.34. The van der Waals surface area contributed by atoms with Crippen molar-refractivity contribution in [2.45, 2.75) is 53.4 Å². The normalized spacial score (nSPS) is 12.4. The second-order valence-corrected chi connectivity index (χ2v) is 6.77. The van der Waals surface area contributed by atoms with Gasteiger partial charge in [0.1, 0.15) is 5.82 Å². The minimum atomic E-state index is -0.483.